The quantitative estimate of drug-likeness (QED) is 0.654. The van der Waals surface area contributed by atoms with E-state index in [0.29, 0.717) is 18.9 Å². The summed E-state index contributed by atoms with van der Waals surface area (Å²) in [5, 5.41) is 7.04. The van der Waals surface area contributed by atoms with Crippen molar-refractivity contribution < 1.29 is 14.3 Å². The zero-order chi connectivity index (χ0) is 20.8. The van der Waals surface area contributed by atoms with Crippen molar-refractivity contribution in [2.75, 3.05) is 6.61 Å². The number of alkyl carbamates (subject to hydrolysis) is 1. The fourth-order valence-electron chi connectivity index (χ4n) is 3.97. The van der Waals surface area contributed by atoms with Crippen molar-refractivity contribution in [3.63, 3.8) is 0 Å². The number of nitrogens with one attached hydrogen (secondary N) is 3. The molecule has 1 aliphatic rings. The third-order valence-corrected chi connectivity index (χ3v) is 5.69. The van der Waals surface area contributed by atoms with Gasteiger partial charge in [-0.05, 0) is 36.3 Å². The molecule has 0 aliphatic heterocycles. The van der Waals surface area contributed by atoms with Crippen molar-refractivity contribution in [1.82, 2.24) is 15.6 Å². The molecule has 0 saturated heterocycles. The number of carbonyl (C=O) groups is 2. The molecule has 2 amide bonds. The molecule has 1 aliphatic carbocycles. The van der Waals surface area contributed by atoms with Gasteiger partial charge in [0.25, 0.3) is 0 Å². The highest BCUT2D eigenvalue weighted by Crippen LogP contribution is 2.24. The normalized spacial score (nSPS) is 20.4. The largest absolute Gasteiger partial charge is 0.449 e. The molecule has 3 rings (SSSR count). The Balaban J connectivity index is 1.73. The van der Waals surface area contributed by atoms with Crippen LogP contribution in [0, 0.1) is 11.8 Å². The van der Waals surface area contributed by atoms with E-state index in [1.54, 1.807) is 0 Å². The minimum atomic E-state index is -0.678. The highest BCUT2D eigenvalue weighted by atomic mass is 16.5. The Labute approximate surface area is 172 Å². The van der Waals surface area contributed by atoms with Gasteiger partial charge < -0.3 is 20.4 Å². The molecule has 3 N–H and O–H groups in total. The lowest BCUT2D eigenvalue weighted by Gasteiger charge is -2.31. The van der Waals surface area contributed by atoms with Crippen LogP contribution < -0.4 is 10.6 Å². The number of hydrogen-bond donors (Lipinski definition) is 3. The van der Waals surface area contributed by atoms with Crippen LogP contribution in [0.1, 0.15) is 52.0 Å². The van der Waals surface area contributed by atoms with Gasteiger partial charge in [0, 0.05) is 29.6 Å². The van der Waals surface area contributed by atoms with E-state index in [0.717, 1.165) is 35.7 Å². The van der Waals surface area contributed by atoms with Crippen LogP contribution in [-0.2, 0) is 16.0 Å². The first-order chi connectivity index (χ1) is 13.9. The Bertz CT molecular complexity index is 830. The molecular formula is C23H33N3O3. The topological polar surface area (TPSA) is 83.2 Å². The van der Waals surface area contributed by atoms with Crippen molar-refractivity contribution in [3.05, 3.63) is 36.0 Å². The fourth-order valence-corrected chi connectivity index (χ4v) is 3.97. The lowest BCUT2D eigenvalue weighted by atomic mass is 9.85. The van der Waals surface area contributed by atoms with Gasteiger partial charge in [0.15, 0.2) is 0 Å². The maximum absolute atomic E-state index is 13.1. The Morgan fingerprint density at radius 3 is 2.72 bits per heavy atom. The van der Waals surface area contributed by atoms with Crippen LogP contribution in [0.25, 0.3) is 10.9 Å². The highest BCUT2D eigenvalue weighted by Gasteiger charge is 2.28. The van der Waals surface area contributed by atoms with Gasteiger partial charge in [-0.25, -0.2) is 4.79 Å². The molecule has 1 saturated carbocycles. The van der Waals surface area contributed by atoms with E-state index in [2.05, 4.69) is 22.5 Å². The smallest absolute Gasteiger partial charge is 0.407 e. The monoisotopic (exact) mass is 399 g/mol. The van der Waals surface area contributed by atoms with Crippen LogP contribution in [0.5, 0.6) is 0 Å². The summed E-state index contributed by atoms with van der Waals surface area (Å²) >= 11 is 0. The number of rotatable bonds is 7. The van der Waals surface area contributed by atoms with Crippen molar-refractivity contribution in [3.8, 4) is 0 Å². The Kier molecular flexibility index (Phi) is 7.18. The Morgan fingerprint density at radius 2 is 1.97 bits per heavy atom. The van der Waals surface area contributed by atoms with E-state index in [9.17, 15) is 9.59 Å². The SMILES string of the molecule is CC(C)COC(=O)N[C@@H](Cc1c[nH]c2ccccc12)C(=O)NC1CCCCC1C. The van der Waals surface area contributed by atoms with E-state index >= 15 is 0 Å². The fraction of sp³-hybridized carbons (Fsp3) is 0.565. The van der Waals surface area contributed by atoms with Crippen LogP contribution in [0.4, 0.5) is 4.79 Å². The lowest BCUT2D eigenvalue weighted by molar-refractivity contribution is -0.124. The summed E-state index contributed by atoms with van der Waals surface area (Å²) in [6.45, 7) is 6.47. The Hall–Kier alpha value is -2.50. The summed E-state index contributed by atoms with van der Waals surface area (Å²) in [5.74, 6) is 0.551. The van der Waals surface area contributed by atoms with Crippen molar-refractivity contribution in [2.24, 2.45) is 11.8 Å². The molecule has 1 heterocycles. The van der Waals surface area contributed by atoms with Gasteiger partial charge in [-0.1, -0.05) is 51.8 Å². The summed E-state index contributed by atoms with van der Waals surface area (Å²) in [6.07, 6.45) is 6.24. The van der Waals surface area contributed by atoms with Crippen LogP contribution in [0.15, 0.2) is 30.5 Å². The van der Waals surface area contributed by atoms with Gasteiger partial charge in [0.1, 0.15) is 6.04 Å². The van der Waals surface area contributed by atoms with E-state index in [4.69, 9.17) is 4.74 Å². The molecule has 1 fully saturated rings. The first-order valence-corrected chi connectivity index (χ1v) is 10.7. The number of fused-ring (bicyclic) bond motifs is 1. The zero-order valence-electron chi connectivity index (χ0n) is 17.7. The van der Waals surface area contributed by atoms with Crippen LogP contribution in [-0.4, -0.2) is 35.7 Å². The number of aromatic nitrogens is 1. The number of hydrogen-bond acceptors (Lipinski definition) is 3. The van der Waals surface area contributed by atoms with E-state index < -0.39 is 12.1 Å². The number of amides is 2. The van der Waals surface area contributed by atoms with Crippen LogP contribution in [0.2, 0.25) is 0 Å². The minimum absolute atomic E-state index is 0.143. The molecule has 1 aromatic carbocycles. The molecule has 1 aromatic heterocycles. The molecule has 2 unspecified atom stereocenters. The average molecular weight is 400 g/mol. The number of aromatic amines is 1. The molecule has 29 heavy (non-hydrogen) atoms. The maximum atomic E-state index is 13.1. The molecule has 6 nitrogen and oxygen atoms in total. The summed E-state index contributed by atoms with van der Waals surface area (Å²) < 4.78 is 5.26. The summed E-state index contributed by atoms with van der Waals surface area (Å²) in [5.41, 5.74) is 2.02. The minimum Gasteiger partial charge on any atom is -0.449 e. The predicted molar refractivity (Wildman–Crippen MR) is 115 cm³/mol. The summed E-state index contributed by atoms with van der Waals surface area (Å²) in [7, 11) is 0. The van der Waals surface area contributed by atoms with E-state index in [1.807, 2.05) is 44.3 Å². The summed E-state index contributed by atoms with van der Waals surface area (Å²) in [6, 6.07) is 7.46. The maximum Gasteiger partial charge on any atom is 0.407 e. The number of carbonyl (C=O) groups excluding carboxylic acids is 2. The molecule has 2 aromatic rings. The molecule has 0 bridgehead atoms. The van der Waals surface area contributed by atoms with E-state index in [1.165, 1.54) is 6.42 Å². The molecule has 158 valence electrons. The van der Waals surface area contributed by atoms with E-state index in [-0.39, 0.29) is 17.9 Å². The highest BCUT2D eigenvalue weighted by molar-refractivity contribution is 5.88. The van der Waals surface area contributed by atoms with Gasteiger partial charge in [-0.15, -0.1) is 0 Å². The average Bonchev–Trinajstić information content (AvgIpc) is 3.10. The van der Waals surface area contributed by atoms with Crippen molar-refractivity contribution in [2.45, 2.75) is 65.0 Å². The van der Waals surface area contributed by atoms with Gasteiger partial charge in [-0.3, -0.25) is 4.79 Å². The van der Waals surface area contributed by atoms with Crippen molar-refractivity contribution in [1.29, 1.82) is 0 Å². The predicted octanol–water partition coefficient (Wildman–Crippen LogP) is 4.16. The second kappa shape index (κ2) is 9.81. The van der Waals surface area contributed by atoms with Crippen LogP contribution in [0.3, 0.4) is 0 Å². The first kappa shape index (κ1) is 21.2. The number of para-hydroxylation sites is 1. The van der Waals surface area contributed by atoms with Gasteiger partial charge in [-0.2, -0.15) is 0 Å². The second-order valence-electron chi connectivity index (χ2n) is 8.63. The number of H-pyrrole nitrogens is 1. The standard InChI is InChI=1S/C23H33N3O3/c1-15(2)14-29-23(28)26-21(22(27)25-19-10-6-4-8-16(19)3)12-17-13-24-20-11-7-5-9-18(17)20/h5,7,9,11,13,15-16,19,21,24H,4,6,8,10,12,14H2,1-3H3,(H,25,27)(H,26,28)/t16?,19?,21-/m0/s1. The molecular weight excluding hydrogens is 366 g/mol. The molecule has 0 radical (unpaired) electrons. The molecule has 3 atom stereocenters. The lowest BCUT2D eigenvalue weighted by Crippen LogP contribution is -2.52. The molecule has 6 heteroatoms. The third-order valence-electron chi connectivity index (χ3n) is 5.69. The zero-order valence-corrected chi connectivity index (χ0v) is 17.7. The summed E-state index contributed by atoms with van der Waals surface area (Å²) in [4.78, 5) is 28.6. The second-order valence-corrected chi connectivity index (χ2v) is 8.63. The number of ether oxygens (including phenoxy) is 1. The third kappa shape index (κ3) is 5.75. The van der Waals surface area contributed by atoms with Crippen molar-refractivity contribution >= 4 is 22.9 Å². The Morgan fingerprint density at radius 1 is 1.21 bits per heavy atom. The van der Waals surface area contributed by atoms with Crippen LogP contribution >= 0.6 is 0 Å². The van der Waals surface area contributed by atoms with Gasteiger partial charge in [0.05, 0.1) is 6.61 Å². The first-order valence-electron chi connectivity index (χ1n) is 10.7. The molecule has 0 spiro atoms. The number of benzene rings is 1. The van der Waals surface area contributed by atoms with Gasteiger partial charge in [0.2, 0.25) is 5.91 Å². The van der Waals surface area contributed by atoms with Gasteiger partial charge >= 0.3 is 6.09 Å².